The van der Waals surface area contributed by atoms with Gasteiger partial charge in [0.1, 0.15) is 0 Å². The first kappa shape index (κ1) is 16.7. The van der Waals surface area contributed by atoms with Crippen molar-refractivity contribution in [2.24, 2.45) is 9.98 Å². The zero-order valence-electron chi connectivity index (χ0n) is 11.5. The summed E-state index contributed by atoms with van der Waals surface area (Å²) < 4.78 is 40.3. The summed E-state index contributed by atoms with van der Waals surface area (Å²) in [7, 11) is 1.83. The average molecular weight is 299 g/mol. The van der Waals surface area contributed by atoms with Gasteiger partial charge in [-0.25, -0.2) is 4.99 Å². The number of nitrogens with zero attached hydrogens (tertiary/aromatic N) is 2. The second-order valence-electron chi connectivity index (χ2n) is 4.01. The lowest BCUT2D eigenvalue weighted by molar-refractivity contribution is -0.164. The molecule has 0 fully saturated rings. The zero-order valence-corrected chi connectivity index (χ0v) is 11.5. The molecule has 0 radical (unpaired) electrons. The lowest BCUT2D eigenvalue weighted by atomic mass is 10.1. The molecule has 0 aliphatic rings. The molecule has 0 unspecified atom stereocenters. The number of hydrogen-bond acceptors (Lipinski definition) is 4. The Bertz CT molecular complexity index is 507. The minimum atomic E-state index is -4.41. The van der Waals surface area contributed by atoms with Crippen LogP contribution in [0.3, 0.4) is 0 Å². The molecule has 4 nitrogen and oxygen atoms in total. The molecule has 0 atom stereocenters. The smallest absolute Gasteiger partial charge is 0.422 e. The van der Waals surface area contributed by atoms with Gasteiger partial charge < -0.3 is 10.1 Å². The molecule has 1 aromatic carbocycles. The number of aliphatic imine (C=N–C) groups is 2. The molecule has 0 spiro atoms. The number of nitrogens with one attached hydrogen (secondary N) is 1. The molecule has 21 heavy (non-hydrogen) atoms. The third-order valence-corrected chi connectivity index (χ3v) is 2.40. The molecule has 0 amide bonds. The van der Waals surface area contributed by atoms with Crippen molar-refractivity contribution in [1.29, 1.82) is 0 Å². The Morgan fingerprint density at radius 3 is 2.52 bits per heavy atom. The fraction of sp³-hybridized carbons (Fsp3) is 0.286. The van der Waals surface area contributed by atoms with Crippen molar-refractivity contribution in [3.8, 4) is 0 Å². The lowest BCUT2D eigenvalue weighted by Gasteiger charge is -2.07. The minimum absolute atomic E-state index is 0.269. The van der Waals surface area contributed by atoms with Crippen molar-refractivity contribution in [3.63, 3.8) is 0 Å². The summed E-state index contributed by atoms with van der Waals surface area (Å²) in [6.07, 6.45) is -1.22. The van der Waals surface area contributed by atoms with Crippen LogP contribution >= 0.6 is 0 Å². The van der Waals surface area contributed by atoms with Gasteiger partial charge in [0.05, 0.1) is 6.20 Å². The Balaban J connectivity index is 2.50. The summed E-state index contributed by atoms with van der Waals surface area (Å²) in [5, 5.41) is 3.00. The molecule has 1 N–H and O–H groups in total. The highest BCUT2D eigenvalue weighted by Gasteiger charge is 2.28. The number of anilines is 1. The zero-order chi connectivity index (χ0) is 15.7. The predicted octanol–water partition coefficient (Wildman–Crippen LogP) is 3.42. The molecule has 0 saturated heterocycles. The first-order valence-electron chi connectivity index (χ1n) is 6.09. The summed E-state index contributed by atoms with van der Waals surface area (Å²) in [6.45, 7) is 1.71. The van der Waals surface area contributed by atoms with Crippen LogP contribution in [0.5, 0.6) is 0 Å². The van der Waals surface area contributed by atoms with Crippen LogP contribution in [0, 0.1) is 0 Å². The Hall–Kier alpha value is -2.31. The Morgan fingerprint density at radius 1 is 1.33 bits per heavy atom. The van der Waals surface area contributed by atoms with Crippen molar-refractivity contribution in [1.82, 2.24) is 0 Å². The summed E-state index contributed by atoms with van der Waals surface area (Å²) in [6, 6.07) is 7.69. The Morgan fingerprint density at radius 2 is 2.00 bits per heavy atom. The molecular formula is C14H16F3N3O. The van der Waals surface area contributed by atoms with Gasteiger partial charge in [0.25, 0.3) is 0 Å². The molecule has 0 aliphatic heterocycles. The Kier molecular flexibility index (Phi) is 6.45. The van der Waals surface area contributed by atoms with E-state index in [2.05, 4.69) is 26.8 Å². The van der Waals surface area contributed by atoms with Crippen molar-refractivity contribution in [2.45, 2.75) is 12.6 Å². The van der Waals surface area contributed by atoms with Gasteiger partial charge in [0.15, 0.2) is 6.61 Å². The SMILES string of the molecule is C=N/C(=C\N=C/Cc1ccc(NC)cc1)OCC(F)(F)F. The first-order chi connectivity index (χ1) is 9.94. The largest absolute Gasteiger partial charge is 0.467 e. The van der Waals surface area contributed by atoms with Gasteiger partial charge in [-0.2, -0.15) is 13.2 Å². The molecule has 0 aromatic heterocycles. The van der Waals surface area contributed by atoms with Crippen LogP contribution < -0.4 is 5.32 Å². The second kappa shape index (κ2) is 8.08. The highest BCUT2D eigenvalue weighted by atomic mass is 19.4. The molecule has 0 aliphatic carbocycles. The van der Waals surface area contributed by atoms with E-state index in [4.69, 9.17) is 0 Å². The van der Waals surface area contributed by atoms with Gasteiger partial charge in [-0.15, -0.1) is 0 Å². The van der Waals surface area contributed by atoms with E-state index in [0.29, 0.717) is 6.42 Å². The van der Waals surface area contributed by atoms with E-state index < -0.39 is 12.8 Å². The van der Waals surface area contributed by atoms with E-state index in [-0.39, 0.29) is 5.88 Å². The molecule has 0 bridgehead atoms. The van der Waals surface area contributed by atoms with E-state index >= 15 is 0 Å². The molecule has 0 heterocycles. The van der Waals surface area contributed by atoms with Crippen LogP contribution in [-0.2, 0) is 11.2 Å². The molecular weight excluding hydrogens is 283 g/mol. The van der Waals surface area contributed by atoms with Crippen molar-refractivity contribution in [3.05, 3.63) is 41.9 Å². The number of hydrogen-bond donors (Lipinski definition) is 1. The third-order valence-electron chi connectivity index (χ3n) is 2.40. The van der Waals surface area contributed by atoms with E-state index in [1.807, 2.05) is 31.3 Å². The second-order valence-corrected chi connectivity index (χ2v) is 4.01. The first-order valence-corrected chi connectivity index (χ1v) is 6.09. The van der Waals surface area contributed by atoms with Crippen molar-refractivity contribution in [2.75, 3.05) is 19.0 Å². The number of alkyl halides is 3. The van der Waals surface area contributed by atoms with Crippen LogP contribution in [-0.4, -0.2) is 32.8 Å². The van der Waals surface area contributed by atoms with Gasteiger partial charge in [0, 0.05) is 25.4 Å². The van der Waals surface area contributed by atoms with Crippen LogP contribution in [0.15, 0.2) is 46.3 Å². The lowest BCUT2D eigenvalue weighted by Crippen LogP contribution is -2.16. The minimum Gasteiger partial charge on any atom is -0.467 e. The summed E-state index contributed by atoms with van der Waals surface area (Å²) in [5.41, 5.74) is 2.02. The quantitative estimate of drug-likeness (QED) is 0.619. The van der Waals surface area contributed by atoms with Crippen LogP contribution in [0.25, 0.3) is 0 Å². The molecule has 1 aromatic rings. The number of benzene rings is 1. The van der Waals surface area contributed by atoms with Gasteiger partial charge in [-0.1, -0.05) is 12.1 Å². The maximum atomic E-state index is 12.0. The van der Waals surface area contributed by atoms with Crippen LogP contribution in [0.1, 0.15) is 5.56 Å². The molecule has 114 valence electrons. The maximum Gasteiger partial charge on any atom is 0.422 e. The summed E-state index contributed by atoms with van der Waals surface area (Å²) in [4.78, 5) is 7.18. The predicted molar refractivity (Wildman–Crippen MR) is 77.8 cm³/mol. The fourth-order valence-corrected chi connectivity index (χ4v) is 1.36. The van der Waals surface area contributed by atoms with Gasteiger partial charge in [-0.3, -0.25) is 4.99 Å². The fourth-order valence-electron chi connectivity index (χ4n) is 1.36. The third kappa shape index (κ3) is 7.14. The number of ether oxygens (including phenoxy) is 1. The number of halogens is 3. The van der Waals surface area contributed by atoms with Crippen LogP contribution in [0.4, 0.5) is 18.9 Å². The molecule has 7 heteroatoms. The normalized spacial score (nSPS) is 12.5. The van der Waals surface area contributed by atoms with E-state index in [1.165, 1.54) is 0 Å². The number of rotatable bonds is 7. The highest BCUT2D eigenvalue weighted by Crippen LogP contribution is 2.16. The van der Waals surface area contributed by atoms with E-state index in [1.54, 1.807) is 6.21 Å². The van der Waals surface area contributed by atoms with Crippen LogP contribution in [0.2, 0.25) is 0 Å². The van der Waals surface area contributed by atoms with Crippen molar-refractivity contribution >= 4 is 18.6 Å². The summed E-state index contributed by atoms with van der Waals surface area (Å²) >= 11 is 0. The van der Waals surface area contributed by atoms with Crippen molar-refractivity contribution < 1.29 is 17.9 Å². The molecule has 1 rings (SSSR count). The Labute approximate surface area is 121 Å². The average Bonchev–Trinajstić information content (AvgIpc) is 2.46. The highest BCUT2D eigenvalue weighted by molar-refractivity contribution is 5.62. The van der Waals surface area contributed by atoms with E-state index in [9.17, 15) is 13.2 Å². The topological polar surface area (TPSA) is 46.0 Å². The maximum absolute atomic E-state index is 12.0. The van der Waals surface area contributed by atoms with Gasteiger partial charge in [-0.05, 0) is 24.4 Å². The van der Waals surface area contributed by atoms with E-state index in [0.717, 1.165) is 17.5 Å². The van der Waals surface area contributed by atoms with Gasteiger partial charge >= 0.3 is 6.18 Å². The molecule has 0 saturated carbocycles. The summed E-state index contributed by atoms with van der Waals surface area (Å²) in [5.74, 6) is -0.269. The monoisotopic (exact) mass is 299 g/mol. The standard InChI is InChI=1S/C14H16F3N3O/c1-18-12-5-3-11(4-6-12)7-8-20-9-13(19-2)21-10-14(15,16)17/h3-6,8-9,18H,2,7,10H2,1H3/b13-9+,20-8-. The van der Waals surface area contributed by atoms with Gasteiger partial charge in [0.2, 0.25) is 5.88 Å².